The Balaban J connectivity index is 1.91. The highest BCUT2D eigenvalue weighted by Gasteiger charge is 2.26. The van der Waals surface area contributed by atoms with Crippen molar-refractivity contribution in [3.8, 4) is 11.3 Å². The number of nitrogens with one attached hydrogen (secondary N) is 1. The molecule has 0 aliphatic rings. The fraction of sp³-hybridized carbons (Fsp3) is 0.389. The first-order valence-corrected chi connectivity index (χ1v) is 9.92. The maximum Gasteiger partial charge on any atom is 0.328 e. The number of carbonyl (C=O) groups is 2. The summed E-state index contributed by atoms with van der Waals surface area (Å²) in [5.41, 5.74) is 1.96. The fourth-order valence-electron chi connectivity index (χ4n) is 2.20. The molecular weight excluding hydrogens is 356 g/mol. The molecule has 2 unspecified atom stereocenters. The number of aromatic nitrogens is 1. The Labute approximate surface area is 156 Å². The number of esters is 1. The number of hydrogen-bond donors (Lipinski definition) is 1. The normalized spacial score (nSPS) is 13.1. The second kappa shape index (κ2) is 9.58. The first-order valence-electron chi connectivity index (χ1n) is 8.06. The number of carbonyl (C=O) groups excluding carboxylic acids is 2. The van der Waals surface area contributed by atoms with Crippen LogP contribution in [0.15, 0.2) is 40.1 Å². The van der Waals surface area contributed by atoms with E-state index in [4.69, 9.17) is 4.74 Å². The first kappa shape index (κ1) is 19.5. The second-order valence-electron chi connectivity index (χ2n) is 5.61. The third-order valence-corrected chi connectivity index (χ3v) is 5.89. The van der Waals surface area contributed by atoms with E-state index in [9.17, 15) is 9.59 Å². The predicted octanol–water partition coefficient (Wildman–Crippen LogP) is 3.61. The van der Waals surface area contributed by atoms with Crippen LogP contribution in [0, 0.1) is 5.92 Å². The Morgan fingerprint density at radius 1 is 1.32 bits per heavy atom. The molecule has 2 aromatic rings. The Bertz CT molecular complexity index is 703. The Hall–Kier alpha value is -1.86. The largest absolute Gasteiger partial charge is 0.467 e. The van der Waals surface area contributed by atoms with E-state index >= 15 is 0 Å². The average Bonchev–Trinajstić information content (AvgIpc) is 3.13. The lowest BCUT2D eigenvalue weighted by molar-refractivity contribution is -0.146. The molecule has 0 fully saturated rings. The summed E-state index contributed by atoms with van der Waals surface area (Å²) >= 11 is 2.87. The average molecular weight is 379 g/mol. The molecule has 0 radical (unpaired) electrons. The number of thiazole rings is 1. The van der Waals surface area contributed by atoms with Crippen LogP contribution in [0.1, 0.15) is 20.3 Å². The highest BCUT2D eigenvalue weighted by atomic mass is 32.2. The van der Waals surface area contributed by atoms with Crippen LogP contribution in [0.5, 0.6) is 0 Å². The molecule has 2 atom stereocenters. The van der Waals surface area contributed by atoms with Gasteiger partial charge in [0.15, 0.2) is 4.34 Å². The van der Waals surface area contributed by atoms with Gasteiger partial charge in [-0.15, -0.1) is 11.3 Å². The van der Waals surface area contributed by atoms with E-state index in [1.165, 1.54) is 30.2 Å². The van der Waals surface area contributed by atoms with Crippen LogP contribution >= 0.6 is 23.1 Å². The van der Waals surface area contributed by atoms with Crippen molar-refractivity contribution in [3.63, 3.8) is 0 Å². The van der Waals surface area contributed by atoms with Crippen LogP contribution in [-0.4, -0.2) is 35.8 Å². The van der Waals surface area contributed by atoms with Crippen molar-refractivity contribution in [2.24, 2.45) is 5.92 Å². The van der Waals surface area contributed by atoms with E-state index < -0.39 is 12.0 Å². The van der Waals surface area contributed by atoms with Gasteiger partial charge in [-0.3, -0.25) is 4.79 Å². The fourth-order valence-corrected chi connectivity index (χ4v) is 3.85. The van der Waals surface area contributed by atoms with Gasteiger partial charge in [0, 0.05) is 10.9 Å². The smallest absolute Gasteiger partial charge is 0.328 e. The van der Waals surface area contributed by atoms with Crippen LogP contribution < -0.4 is 5.32 Å². The quantitative estimate of drug-likeness (QED) is 0.561. The molecule has 0 bridgehead atoms. The zero-order chi connectivity index (χ0) is 18.2. The molecule has 7 heteroatoms. The SMILES string of the molecule is CCC(C)C(NC(=O)CSc1nc(-c2ccccc2)cs1)C(=O)OC. The summed E-state index contributed by atoms with van der Waals surface area (Å²) < 4.78 is 5.61. The van der Waals surface area contributed by atoms with Crippen LogP contribution in [0.25, 0.3) is 11.3 Å². The lowest BCUT2D eigenvalue weighted by Gasteiger charge is -2.21. The molecule has 134 valence electrons. The first-order chi connectivity index (χ1) is 12.0. The lowest BCUT2D eigenvalue weighted by atomic mass is 9.99. The Kier molecular flexibility index (Phi) is 7.46. The van der Waals surface area contributed by atoms with E-state index in [1.54, 1.807) is 0 Å². The minimum Gasteiger partial charge on any atom is -0.467 e. The highest BCUT2D eigenvalue weighted by molar-refractivity contribution is 8.01. The highest BCUT2D eigenvalue weighted by Crippen LogP contribution is 2.28. The van der Waals surface area contributed by atoms with Crippen LogP contribution in [0.4, 0.5) is 0 Å². The van der Waals surface area contributed by atoms with Crippen LogP contribution in [0.2, 0.25) is 0 Å². The molecule has 0 saturated carbocycles. The van der Waals surface area contributed by atoms with Crippen molar-refractivity contribution in [1.82, 2.24) is 10.3 Å². The summed E-state index contributed by atoms with van der Waals surface area (Å²) in [6, 6.07) is 9.30. The monoisotopic (exact) mass is 378 g/mol. The third-order valence-electron chi connectivity index (χ3n) is 3.86. The predicted molar refractivity (Wildman–Crippen MR) is 102 cm³/mol. The summed E-state index contributed by atoms with van der Waals surface area (Å²) in [6.07, 6.45) is 0.778. The zero-order valence-corrected chi connectivity index (χ0v) is 16.2. The van der Waals surface area contributed by atoms with Crippen molar-refractivity contribution < 1.29 is 14.3 Å². The lowest BCUT2D eigenvalue weighted by Crippen LogP contribution is -2.46. The summed E-state index contributed by atoms with van der Waals surface area (Å²) in [7, 11) is 1.33. The van der Waals surface area contributed by atoms with E-state index in [-0.39, 0.29) is 17.6 Å². The van der Waals surface area contributed by atoms with Gasteiger partial charge < -0.3 is 10.1 Å². The summed E-state index contributed by atoms with van der Waals surface area (Å²) in [6.45, 7) is 3.89. The molecule has 2 rings (SSSR count). The molecule has 1 amide bonds. The molecular formula is C18H22N2O3S2. The zero-order valence-electron chi connectivity index (χ0n) is 14.5. The number of thioether (sulfide) groups is 1. The summed E-state index contributed by atoms with van der Waals surface area (Å²) in [5.74, 6) is -0.373. The van der Waals surface area contributed by atoms with Crippen molar-refractivity contribution in [2.45, 2.75) is 30.6 Å². The van der Waals surface area contributed by atoms with E-state index in [0.717, 1.165) is 22.0 Å². The molecule has 1 N–H and O–H groups in total. The summed E-state index contributed by atoms with van der Waals surface area (Å²) in [5, 5.41) is 4.75. The molecule has 5 nitrogen and oxygen atoms in total. The minimum absolute atomic E-state index is 0.0194. The number of benzene rings is 1. The molecule has 25 heavy (non-hydrogen) atoms. The molecule has 1 aromatic heterocycles. The minimum atomic E-state index is -0.612. The van der Waals surface area contributed by atoms with Gasteiger partial charge in [0.05, 0.1) is 18.6 Å². The molecule has 0 aliphatic carbocycles. The Morgan fingerprint density at radius 2 is 2.04 bits per heavy atom. The van der Waals surface area contributed by atoms with Gasteiger partial charge in [-0.1, -0.05) is 62.4 Å². The van der Waals surface area contributed by atoms with Gasteiger partial charge in [0.2, 0.25) is 5.91 Å². The van der Waals surface area contributed by atoms with Gasteiger partial charge in [0.1, 0.15) is 6.04 Å². The Morgan fingerprint density at radius 3 is 2.68 bits per heavy atom. The van der Waals surface area contributed by atoms with Crippen molar-refractivity contribution in [2.75, 3.05) is 12.9 Å². The van der Waals surface area contributed by atoms with E-state index in [2.05, 4.69) is 10.3 Å². The maximum atomic E-state index is 12.2. The number of methoxy groups -OCH3 is 1. The van der Waals surface area contributed by atoms with Gasteiger partial charge in [-0.05, 0) is 5.92 Å². The van der Waals surface area contributed by atoms with Crippen molar-refractivity contribution in [1.29, 1.82) is 0 Å². The maximum absolute atomic E-state index is 12.2. The number of hydrogen-bond acceptors (Lipinski definition) is 6. The number of rotatable bonds is 8. The van der Waals surface area contributed by atoms with Gasteiger partial charge in [0.25, 0.3) is 0 Å². The number of ether oxygens (including phenoxy) is 1. The van der Waals surface area contributed by atoms with Gasteiger partial charge >= 0.3 is 5.97 Å². The number of amides is 1. The molecule has 1 aromatic carbocycles. The summed E-state index contributed by atoms with van der Waals surface area (Å²) in [4.78, 5) is 28.6. The van der Waals surface area contributed by atoms with Crippen molar-refractivity contribution >= 4 is 35.0 Å². The topological polar surface area (TPSA) is 68.3 Å². The number of nitrogens with zero attached hydrogens (tertiary/aromatic N) is 1. The van der Waals surface area contributed by atoms with Gasteiger partial charge in [-0.2, -0.15) is 0 Å². The van der Waals surface area contributed by atoms with Gasteiger partial charge in [-0.25, -0.2) is 9.78 Å². The third kappa shape index (κ3) is 5.57. The molecule has 0 saturated heterocycles. The molecule has 0 aliphatic heterocycles. The van der Waals surface area contributed by atoms with Crippen LogP contribution in [-0.2, 0) is 14.3 Å². The van der Waals surface area contributed by atoms with Crippen molar-refractivity contribution in [3.05, 3.63) is 35.7 Å². The standard InChI is InChI=1S/C18H22N2O3S2/c1-4-12(2)16(17(22)23-3)20-15(21)11-25-18-19-14(10-24-18)13-8-6-5-7-9-13/h5-10,12,16H,4,11H2,1-3H3,(H,20,21). The molecule has 1 heterocycles. The van der Waals surface area contributed by atoms with E-state index in [1.807, 2.05) is 49.6 Å². The second-order valence-corrected chi connectivity index (χ2v) is 7.69. The molecule has 0 spiro atoms. The van der Waals surface area contributed by atoms with E-state index in [0.29, 0.717) is 0 Å². The van der Waals surface area contributed by atoms with Crippen LogP contribution in [0.3, 0.4) is 0 Å².